The van der Waals surface area contributed by atoms with E-state index in [0.29, 0.717) is 24.0 Å². The number of hydrogen-bond donors (Lipinski definition) is 1. The van der Waals surface area contributed by atoms with Gasteiger partial charge in [-0.3, -0.25) is 0 Å². The Labute approximate surface area is 104 Å². The highest BCUT2D eigenvalue weighted by Gasteiger charge is 2.45. The molecule has 1 aliphatic rings. The minimum absolute atomic E-state index is 0.372. The number of hydrogen-bond acceptors (Lipinski definition) is 6. The lowest BCUT2D eigenvalue weighted by atomic mass is 10.2. The molecule has 0 unspecified atom stereocenters. The number of nitrogens with zero attached hydrogens (tertiary/aromatic N) is 3. The molecule has 6 heteroatoms. The zero-order valence-electron chi connectivity index (χ0n) is 10.1. The van der Waals surface area contributed by atoms with Gasteiger partial charge in [0.25, 0.3) is 0 Å². The van der Waals surface area contributed by atoms with Crippen LogP contribution in [0.15, 0.2) is 22.9 Å². The second-order valence-electron chi connectivity index (χ2n) is 4.56. The molecule has 0 saturated heterocycles. The zero-order valence-corrected chi connectivity index (χ0v) is 10.1. The highest BCUT2D eigenvalue weighted by Crippen LogP contribution is 2.41. The van der Waals surface area contributed by atoms with Gasteiger partial charge in [0, 0.05) is 18.7 Å². The van der Waals surface area contributed by atoms with Crippen LogP contribution < -0.4 is 10.5 Å². The van der Waals surface area contributed by atoms with Crippen molar-refractivity contribution in [1.29, 1.82) is 0 Å². The number of aromatic nitrogens is 3. The average Bonchev–Trinajstić information content (AvgIpc) is 2.97. The van der Waals surface area contributed by atoms with Gasteiger partial charge in [0.15, 0.2) is 5.82 Å². The molecule has 2 aromatic heterocycles. The molecule has 0 amide bonds. The summed E-state index contributed by atoms with van der Waals surface area (Å²) in [6, 6.07) is 3.73. The molecule has 0 spiro atoms. The summed E-state index contributed by atoms with van der Waals surface area (Å²) in [5.41, 5.74) is 6.62. The van der Waals surface area contributed by atoms with Gasteiger partial charge in [-0.15, -0.1) is 0 Å². The number of rotatable bonds is 4. The average molecular weight is 246 g/mol. The van der Waals surface area contributed by atoms with Crippen molar-refractivity contribution in [2.45, 2.75) is 24.8 Å². The van der Waals surface area contributed by atoms with Gasteiger partial charge < -0.3 is 15.0 Å². The van der Waals surface area contributed by atoms with E-state index in [-0.39, 0.29) is 5.54 Å². The van der Waals surface area contributed by atoms with Crippen molar-refractivity contribution in [3.63, 3.8) is 0 Å². The molecule has 94 valence electrons. The third-order valence-electron chi connectivity index (χ3n) is 3.05. The largest absolute Gasteiger partial charge is 0.481 e. The van der Waals surface area contributed by atoms with Gasteiger partial charge >= 0.3 is 0 Å². The summed E-state index contributed by atoms with van der Waals surface area (Å²) in [7, 11) is 1.59. The van der Waals surface area contributed by atoms with Gasteiger partial charge in [-0.2, -0.15) is 4.98 Å². The van der Waals surface area contributed by atoms with Crippen LogP contribution in [0.5, 0.6) is 5.88 Å². The van der Waals surface area contributed by atoms with Crippen molar-refractivity contribution >= 4 is 0 Å². The van der Waals surface area contributed by atoms with Gasteiger partial charge in [0.05, 0.1) is 12.6 Å². The Balaban J connectivity index is 1.73. The first-order valence-electron chi connectivity index (χ1n) is 5.80. The molecule has 1 aliphatic carbocycles. The molecule has 2 N–H and O–H groups in total. The van der Waals surface area contributed by atoms with E-state index >= 15 is 0 Å². The summed E-state index contributed by atoms with van der Waals surface area (Å²) in [4.78, 5) is 8.45. The van der Waals surface area contributed by atoms with E-state index < -0.39 is 0 Å². The van der Waals surface area contributed by atoms with Gasteiger partial charge in [-0.05, 0) is 18.4 Å². The molecule has 6 nitrogen and oxygen atoms in total. The Morgan fingerprint density at radius 2 is 2.28 bits per heavy atom. The standard InChI is InChI=1S/C12H14N4O2/c1-17-10-3-2-8(7-14-10)6-9-15-11(18-16-9)12(13)4-5-12/h2-3,7H,4-6,13H2,1H3. The normalized spacial score (nSPS) is 16.6. The van der Waals surface area contributed by atoms with E-state index in [9.17, 15) is 0 Å². The summed E-state index contributed by atoms with van der Waals surface area (Å²) in [6.45, 7) is 0. The zero-order chi connectivity index (χ0) is 12.6. The Morgan fingerprint density at radius 1 is 1.44 bits per heavy atom. The van der Waals surface area contributed by atoms with E-state index in [1.54, 1.807) is 13.3 Å². The highest BCUT2D eigenvalue weighted by atomic mass is 16.5. The second kappa shape index (κ2) is 4.06. The van der Waals surface area contributed by atoms with Crippen LogP contribution in [0.1, 0.15) is 30.1 Å². The Hall–Kier alpha value is -1.95. The Kier molecular flexibility index (Phi) is 2.52. The Bertz CT molecular complexity index is 545. The predicted octanol–water partition coefficient (Wildman–Crippen LogP) is 1.01. The molecule has 0 aliphatic heterocycles. The lowest BCUT2D eigenvalue weighted by Gasteiger charge is -2.00. The van der Waals surface area contributed by atoms with Crippen molar-refractivity contribution in [1.82, 2.24) is 15.1 Å². The van der Waals surface area contributed by atoms with Crippen molar-refractivity contribution in [2.24, 2.45) is 5.73 Å². The highest BCUT2D eigenvalue weighted by molar-refractivity contribution is 5.21. The molecule has 0 aromatic carbocycles. The maximum absolute atomic E-state index is 5.99. The molecule has 0 atom stereocenters. The van der Waals surface area contributed by atoms with E-state index in [2.05, 4.69) is 15.1 Å². The third kappa shape index (κ3) is 2.06. The molecular formula is C12H14N4O2. The SMILES string of the molecule is COc1ccc(Cc2noc(C3(N)CC3)n2)cn1. The summed E-state index contributed by atoms with van der Waals surface area (Å²) < 4.78 is 10.2. The van der Waals surface area contributed by atoms with Crippen molar-refractivity contribution in [3.05, 3.63) is 35.6 Å². The minimum atomic E-state index is -0.372. The summed E-state index contributed by atoms with van der Waals surface area (Å²) in [5, 5.41) is 3.94. The number of nitrogens with two attached hydrogens (primary N) is 1. The van der Waals surface area contributed by atoms with E-state index in [1.165, 1.54) is 0 Å². The second-order valence-corrected chi connectivity index (χ2v) is 4.56. The molecule has 18 heavy (non-hydrogen) atoms. The van der Waals surface area contributed by atoms with E-state index in [0.717, 1.165) is 18.4 Å². The van der Waals surface area contributed by atoms with E-state index in [1.807, 2.05) is 12.1 Å². The molecule has 2 heterocycles. The van der Waals surface area contributed by atoms with Crippen LogP contribution in [0.2, 0.25) is 0 Å². The summed E-state index contributed by atoms with van der Waals surface area (Å²) >= 11 is 0. The quantitative estimate of drug-likeness (QED) is 0.866. The van der Waals surface area contributed by atoms with Crippen molar-refractivity contribution < 1.29 is 9.26 Å². The van der Waals surface area contributed by atoms with Gasteiger partial charge in [-0.1, -0.05) is 11.2 Å². The Morgan fingerprint density at radius 3 is 2.89 bits per heavy atom. The first-order valence-corrected chi connectivity index (χ1v) is 5.80. The lowest BCUT2D eigenvalue weighted by Crippen LogP contribution is -2.19. The minimum Gasteiger partial charge on any atom is -0.481 e. The predicted molar refractivity (Wildman–Crippen MR) is 63.0 cm³/mol. The maximum atomic E-state index is 5.99. The smallest absolute Gasteiger partial charge is 0.246 e. The van der Waals surface area contributed by atoms with Gasteiger partial charge in [0.1, 0.15) is 0 Å². The number of methoxy groups -OCH3 is 1. The fourth-order valence-electron chi connectivity index (χ4n) is 1.70. The summed E-state index contributed by atoms with van der Waals surface area (Å²) in [5.74, 6) is 1.76. The van der Waals surface area contributed by atoms with E-state index in [4.69, 9.17) is 15.0 Å². The fraction of sp³-hybridized carbons (Fsp3) is 0.417. The first kappa shape index (κ1) is 11.2. The first-order chi connectivity index (χ1) is 8.69. The lowest BCUT2D eigenvalue weighted by molar-refractivity contribution is 0.344. The van der Waals surface area contributed by atoms with Crippen LogP contribution >= 0.6 is 0 Å². The fourth-order valence-corrected chi connectivity index (χ4v) is 1.70. The van der Waals surface area contributed by atoms with Gasteiger partial charge in [-0.25, -0.2) is 4.98 Å². The third-order valence-corrected chi connectivity index (χ3v) is 3.05. The molecule has 1 fully saturated rings. The molecular weight excluding hydrogens is 232 g/mol. The number of pyridine rings is 1. The van der Waals surface area contributed by atoms with Crippen LogP contribution in [-0.4, -0.2) is 22.2 Å². The van der Waals surface area contributed by atoms with Crippen LogP contribution in [-0.2, 0) is 12.0 Å². The molecule has 3 rings (SSSR count). The summed E-state index contributed by atoms with van der Waals surface area (Å²) in [6.07, 6.45) is 4.15. The van der Waals surface area contributed by atoms with Crippen molar-refractivity contribution in [3.8, 4) is 5.88 Å². The molecule has 0 bridgehead atoms. The topological polar surface area (TPSA) is 87.1 Å². The van der Waals surface area contributed by atoms with Gasteiger partial charge in [0.2, 0.25) is 11.8 Å². The van der Waals surface area contributed by atoms with Crippen LogP contribution in [0.4, 0.5) is 0 Å². The molecule has 0 radical (unpaired) electrons. The van der Waals surface area contributed by atoms with Crippen LogP contribution in [0, 0.1) is 0 Å². The maximum Gasteiger partial charge on any atom is 0.246 e. The molecule has 1 saturated carbocycles. The van der Waals surface area contributed by atoms with Crippen LogP contribution in [0.3, 0.4) is 0 Å². The van der Waals surface area contributed by atoms with Crippen molar-refractivity contribution in [2.75, 3.05) is 7.11 Å². The monoisotopic (exact) mass is 246 g/mol. The number of ether oxygens (including phenoxy) is 1. The van der Waals surface area contributed by atoms with Crippen LogP contribution in [0.25, 0.3) is 0 Å². The molecule has 2 aromatic rings.